The Kier molecular flexibility index (Phi) is 83.3. The molecule has 0 bridgehead atoms. The van der Waals surface area contributed by atoms with E-state index in [4.69, 9.17) is 0 Å². The molecule has 0 N–H and O–H groups in total. The second-order valence-electron chi connectivity index (χ2n) is 22.6. The average Bonchev–Trinajstić information content (AvgIpc) is 2.70. The van der Waals surface area contributed by atoms with Crippen molar-refractivity contribution in [2.24, 2.45) is 0 Å². The molecule has 0 nitrogen and oxygen atoms in total. The molecule has 68 heavy (non-hydrogen) atoms. The first-order chi connectivity index (χ1) is 32.0. The predicted octanol–water partition coefficient (Wildman–Crippen LogP) is 13.4. The number of hydrogen-bond donors (Lipinski definition) is 0. The van der Waals surface area contributed by atoms with Crippen LogP contribution in [0.25, 0.3) is 0 Å². The number of rotatable bonds is 0. The van der Waals surface area contributed by atoms with E-state index in [1.54, 1.807) is 0 Å². The van der Waals surface area contributed by atoms with E-state index in [2.05, 4.69) is 0 Å². The minimum absolute atomic E-state index is 0. The van der Waals surface area contributed by atoms with E-state index in [0.29, 0.717) is 0 Å². The molecule has 0 radical (unpaired) electrons. The van der Waals surface area contributed by atoms with Gasteiger partial charge < -0.3 is 5.71 Å². The van der Waals surface area contributed by atoms with Gasteiger partial charge in [-0.3, -0.25) is 0 Å². The van der Waals surface area contributed by atoms with E-state index >= 15 is 0 Å². The minimum atomic E-state index is 0. The minimum Gasteiger partial charge on any atom is -1.00 e. The van der Waals surface area contributed by atoms with Crippen molar-refractivity contribution in [3.63, 3.8) is 0 Å². The largest absolute Gasteiger partial charge is 1.00 e. The summed E-state index contributed by atoms with van der Waals surface area (Å²) in [7, 11) is 0. The molecule has 4 heteroatoms. The summed E-state index contributed by atoms with van der Waals surface area (Å²) in [4.78, 5) is 0. The van der Waals surface area contributed by atoms with Gasteiger partial charge in [0.25, 0.3) is 0 Å². The Labute approximate surface area is 488 Å². The van der Waals surface area contributed by atoms with Gasteiger partial charge in [0.1, 0.15) is 0 Å². The normalized spacial score (nSPS) is 22.6. The Hall–Kier alpha value is 2.39. The molecule has 0 aliphatic heterocycles. The Bertz CT molecular complexity index is 428. The summed E-state index contributed by atoms with van der Waals surface area (Å²) in [5.41, 5.74) is 0. The predicted molar refractivity (Wildman–Crippen MR) is 300 cm³/mol. The molecule has 0 aromatic rings. The van der Waals surface area contributed by atoms with Gasteiger partial charge in [-0.15, -0.1) is 0 Å². The van der Waals surface area contributed by atoms with Crippen molar-refractivity contribution in [2.45, 2.75) is 411 Å². The van der Waals surface area contributed by atoms with Gasteiger partial charge in [0.2, 0.25) is 0 Å². The number of hydrogen-bond acceptors (Lipinski definition) is 0. The molecular formula is C64H132Li4. The van der Waals surface area contributed by atoms with E-state index in [1.807, 2.05) is 0 Å². The maximum absolute atomic E-state index is 1.50. The summed E-state index contributed by atoms with van der Waals surface area (Å²) >= 11 is 0. The van der Waals surface area contributed by atoms with Crippen LogP contribution in [-0.2, 0) is 0 Å². The quantitative estimate of drug-likeness (QED) is 0.212. The summed E-state index contributed by atoms with van der Waals surface area (Å²) in [6.45, 7) is 0. The van der Waals surface area contributed by atoms with Gasteiger partial charge in [-0.1, -0.05) is 411 Å². The first-order valence-corrected chi connectivity index (χ1v) is 32.0. The molecule has 16 aliphatic carbocycles. The summed E-state index contributed by atoms with van der Waals surface area (Å²) in [6.07, 6.45) is 96.0. The molecule has 0 spiro atoms. The summed E-state index contributed by atoms with van der Waals surface area (Å²) in [5, 5.41) is 0. The zero-order chi connectivity index (χ0) is 45.3. The van der Waals surface area contributed by atoms with E-state index in [0.717, 1.165) is 0 Å². The Morgan fingerprint density at radius 2 is 0.0735 bits per heavy atom. The SMILES string of the molecule is C1CCC1.C1CCC1.C1CCC1.C1CCC1.C1CCC1.C1CCC1.C1CCC1.C1CCC1.C1CCC1.C1CCC1.C1CCC1.C1CCC1.C1CCC1.C1CCC1.C1CCC1.C1CCC1.[H-].[H-].[H-].[H-].[Li+].[Li+].[Li+].[Li+]. The van der Waals surface area contributed by atoms with Crippen LogP contribution in [0.1, 0.15) is 417 Å². The van der Waals surface area contributed by atoms with E-state index in [1.165, 1.54) is 411 Å². The molecule has 16 aliphatic rings. The van der Waals surface area contributed by atoms with Crippen LogP contribution in [0.15, 0.2) is 0 Å². The second-order valence-corrected chi connectivity index (χ2v) is 22.6. The molecule has 0 unspecified atom stereocenters. The Balaban J connectivity index is -0.000000100. The van der Waals surface area contributed by atoms with Gasteiger partial charge in [0.05, 0.1) is 0 Å². The fourth-order valence-corrected chi connectivity index (χ4v) is 4.00. The van der Waals surface area contributed by atoms with Crippen molar-refractivity contribution in [3.05, 3.63) is 0 Å². The van der Waals surface area contributed by atoms with Crippen molar-refractivity contribution in [3.8, 4) is 0 Å². The van der Waals surface area contributed by atoms with E-state index in [9.17, 15) is 0 Å². The molecule has 16 fully saturated rings. The van der Waals surface area contributed by atoms with Crippen LogP contribution in [0.3, 0.4) is 0 Å². The molecule has 16 rings (SSSR count). The maximum Gasteiger partial charge on any atom is 1.00 e. The van der Waals surface area contributed by atoms with Gasteiger partial charge >= 0.3 is 75.4 Å². The summed E-state index contributed by atoms with van der Waals surface area (Å²) < 4.78 is 0. The second kappa shape index (κ2) is 73.6. The topological polar surface area (TPSA) is 0 Å². The molecule has 0 aromatic heterocycles. The van der Waals surface area contributed by atoms with Crippen LogP contribution >= 0.6 is 0 Å². The smallest absolute Gasteiger partial charge is 1.00 e. The van der Waals surface area contributed by atoms with E-state index < -0.39 is 0 Å². The van der Waals surface area contributed by atoms with Crippen molar-refractivity contribution < 1.29 is 81.1 Å². The zero-order valence-electron chi connectivity index (χ0n) is 53.3. The van der Waals surface area contributed by atoms with E-state index in [-0.39, 0.29) is 81.1 Å². The molecule has 0 saturated heterocycles. The fraction of sp³-hybridized carbons (Fsp3) is 1.00. The van der Waals surface area contributed by atoms with Crippen molar-refractivity contribution >= 4 is 0 Å². The third kappa shape index (κ3) is 70.5. The third-order valence-electron chi connectivity index (χ3n) is 16.0. The molecule has 0 heterocycles. The maximum atomic E-state index is 1.50. The van der Waals surface area contributed by atoms with Gasteiger partial charge in [0, 0.05) is 0 Å². The average molecular weight is 930 g/mol. The first-order valence-electron chi connectivity index (χ1n) is 32.0. The molecule has 0 aromatic carbocycles. The van der Waals surface area contributed by atoms with Crippen molar-refractivity contribution in [1.29, 1.82) is 0 Å². The van der Waals surface area contributed by atoms with Crippen molar-refractivity contribution in [2.75, 3.05) is 0 Å². The summed E-state index contributed by atoms with van der Waals surface area (Å²) in [6, 6.07) is 0. The monoisotopic (exact) mass is 929 g/mol. The van der Waals surface area contributed by atoms with Gasteiger partial charge in [-0.25, -0.2) is 0 Å². The molecule has 16 saturated carbocycles. The Morgan fingerprint density at radius 3 is 0.0735 bits per heavy atom. The van der Waals surface area contributed by atoms with Crippen LogP contribution in [0.4, 0.5) is 0 Å². The zero-order valence-corrected chi connectivity index (χ0v) is 49.3. The standard InChI is InChI=1S/16C4H8.4Li.4H/c16*1-2-4-3-1;;;;;;;;/h16*1-4H2;;;;;;;;/q;;;;;;;;;;;;;;;;4*+1;4*-1. The fourth-order valence-electron chi connectivity index (χ4n) is 4.00. The summed E-state index contributed by atoms with van der Waals surface area (Å²) in [5.74, 6) is 0. The molecule has 392 valence electrons. The van der Waals surface area contributed by atoms with Crippen LogP contribution in [0.5, 0.6) is 0 Å². The van der Waals surface area contributed by atoms with Gasteiger partial charge in [0.15, 0.2) is 0 Å². The van der Waals surface area contributed by atoms with Crippen molar-refractivity contribution in [1.82, 2.24) is 0 Å². The molecule has 0 atom stereocenters. The first kappa shape index (κ1) is 76.9. The van der Waals surface area contributed by atoms with Gasteiger partial charge in [-0.2, -0.15) is 0 Å². The molecule has 0 amide bonds. The van der Waals surface area contributed by atoms with Crippen LogP contribution in [0, 0.1) is 0 Å². The van der Waals surface area contributed by atoms with Gasteiger partial charge in [-0.05, 0) is 0 Å². The Morgan fingerprint density at radius 1 is 0.0588 bits per heavy atom. The molecular weight excluding hydrogens is 796 g/mol. The van der Waals surface area contributed by atoms with Crippen LogP contribution < -0.4 is 75.4 Å². The van der Waals surface area contributed by atoms with Crippen LogP contribution in [0.2, 0.25) is 0 Å². The van der Waals surface area contributed by atoms with Crippen LogP contribution in [-0.4, -0.2) is 0 Å². The third-order valence-corrected chi connectivity index (χ3v) is 16.0.